The highest BCUT2D eigenvalue weighted by Crippen LogP contribution is 2.44. The number of nitrogens with zero attached hydrogens (tertiary/aromatic N) is 4. The van der Waals surface area contributed by atoms with E-state index in [-0.39, 0.29) is 46.2 Å². The van der Waals surface area contributed by atoms with Crippen molar-refractivity contribution in [2.24, 2.45) is 5.41 Å². The summed E-state index contributed by atoms with van der Waals surface area (Å²) in [6, 6.07) is 5.50. The number of rotatable bonds is 4. The number of hydrogen-bond donors (Lipinski definition) is 2. The fraction of sp³-hybridized carbons (Fsp3) is 0.481. The molecule has 0 amide bonds. The topological polar surface area (TPSA) is 73.8 Å². The number of piperidine rings is 2. The second-order valence-electron chi connectivity index (χ2n) is 10.6. The van der Waals surface area contributed by atoms with Gasteiger partial charge < -0.3 is 25.0 Å². The highest BCUT2D eigenvalue weighted by molar-refractivity contribution is 6.34. The molecule has 2 N–H and O–H groups in total. The van der Waals surface area contributed by atoms with Gasteiger partial charge in [0.25, 0.3) is 0 Å². The van der Waals surface area contributed by atoms with Crippen molar-refractivity contribution in [1.29, 1.82) is 0 Å². The van der Waals surface area contributed by atoms with Gasteiger partial charge in [-0.25, -0.2) is 8.78 Å². The van der Waals surface area contributed by atoms with Crippen molar-refractivity contribution in [3.8, 4) is 22.9 Å². The van der Waals surface area contributed by atoms with E-state index in [1.807, 2.05) is 0 Å². The molecule has 3 fully saturated rings. The van der Waals surface area contributed by atoms with Gasteiger partial charge in [-0.05, 0) is 56.3 Å². The monoisotopic (exact) mass is 565 g/mol. The van der Waals surface area contributed by atoms with Crippen molar-refractivity contribution < 1.29 is 18.6 Å². The summed E-state index contributed by atoms with van der Waals surface area (Å²) in [6.45, 7) is 5.38. The van der Waals surface area contributed by atoms with E-state index in [2.05, 4.69) is 27.1 Å². The lowest BCUT2D eigenvalue weighted by Crippen LogP contribution is -2.58. The van der Waals surface area contributed by atoms with Crippen LogP contribution in [0.1, 0.15) is 25.7 Å². The number of aromatic hydroxyl groups is 1. The van der Waals surface area contributed by atoms with E-state index >= 15 is 4.39 Å². The molecule has 204 valence electrons. The first-order valence-electron chi connectivity index (χ1n) is 12.8. The number of anilines is 1. The second-order valence-corrected chi connectivity index (χ2v) is 11.0. The molecule has 7 nitrogen and oxygen atoms in total. The molecule has 0 saturated carbocycles. The summed E-state index contributed by atoms with van der Waals surface area (Å²) in [4.78, 5) is 13.6. The highest BCUT2D eigenvalue weighted by Gasteiger charge is 2.40. The number of fused-ring (bicyclic) bond motifs is 1. The minimum Gasteiger partial charge on any atom is -0.507 e. The number of ether oxygens (including phenoxy) is 1. The number of hydrogen-bond acceptors (Lipinski definition) is 7. The molecule has 0 bridgehead atoms. The third kappa shape index (κ3) is 4.85. The predicted octanol–water partition coefficient (Wildman–Crippen LogP) is 5.02. The zero-order valence-corrected chi connectivity index (χ0v) is 22.7. The summed E-state index contributed by atoms with van der Waals surface area (Å²) in [5.74, 6) is -1.41. The molecule has 0 radical (unpaired) electrons. The van der Waals surface area contributed by atoms with Crippen LogP contribution in [-0.2, 0) is 0 Å². The van der Waals surface area contributed by atoms with Crippen LogP contribution in [0.4, 0.5) is 14.6 Å². The Morgan fingerprint density at radius 2 is 1.79 bits per heavy atom. The minimum absolute atomic E-state index is 0. The maximum absolute atomic E-state index is 16.2. The number of phenols is 1. The molecular weight excluding hydrogens is 535 g/mol. The van der Waals surface area contributed by atoms with E-state index < -0.39 is 17.4 Å². The Labute approximate surface area is 231 Å². The molecule has 0 aliphatic carbocycles. The van der Waals surface area contributed by atoms with Gasteiger partial charge in [-0.15, -0.1) is 12.4 Å². The van der Waals surface area contributed by atoms with Gasteiger partial charge in [0.05, 0.1) is 10.6 Å². The van der Waals surface area contributed by atoms with Gasteiger partial charge in [-0.1, -0.05) is 17.7 Å². The summed E-state index contributed by atoms with van der Waals surface area (Å²) in [6.07, 6.45) is 3.59. The van der Waals surface area contributed by atoms with Crippen LogP contribution in [0.3, 0.4) is 0 Å². The van der Waals surface area contributed by atoms with Crippen LogP contribution in [0.25, 0.3) is 22.0 Å². The van der Waals surface area contributed by atoms with E-state index in [1.54, 1.807) is 6.07 Å². The lowest BCUT2D eigenvalue weighted by molar-refractivity contribution is 0.105. The summed E-state index contributed by atoms with van der Waals surface area (Å²) >= 11 is 6.55. The molecule has 3 aliphatic heterocycles. The smallest absolute Gasteiger partial charge is 0.319 e. The molecule has 3 aromatic rings. The fourth-order valence-corrected chi connectivity index (χ4v) is 6.01. The largest absolute Gasteiger partial charge is 0.507 e. The third-order valence-electron chi connectivity index (χ3n) is 8.15. The average Bonchev–Trinajstić information content (AvgIpc) is 2.86. The molecule has 1 spiro atoms. The summed E-state index contributed by atoms with van der Waals surface area (Å²) in [5, 5.41) is 14.2. The van der Waals surface area contributed by atoms with Crippen molar-refractivity contribution >= 4 is 40.7 Å². The normalized spacial score (nSPS) is 19.8. The molecule has 11 heteroatoms. The standard InChI is InChI=1S/C27H30ClF2N5O2.ClH/c1-34-9-5-16(6-10-34)37-26-32-24-17(25(33-26)35-11-7-27(8-12-35)14-31-15-27)13-18(28)21(23(24)30)22-19(29)3-2-4-20(22)36;/h2-4,13,16,31,36H,5-12,14-15H2,1H3;1H. The highest BCUT2D eigenvalue weighted by atomic mass is 35.5. The van der Waals surface area contributed by atoms with Gasteiger partial charge in [0.2, 0.25) is 0 Å². The summed E-state index contributed by atoms with van der Waals surface area (Å²) in [5.41, 5.74) is -0.189. The summed E-state index contributed by atoms with van der Waals surface area (Å²) < 4.78 is 37.1. The molecule has 0 atom stereocenters. The quantitative estimate of drug-likeness (QED) is 0.460. The number of aromatic nitrogens is 2. The molecule has 3 saturated heterocycles. The Balaban J connectivity index is 0.00000294. The van der Waals surface area contributed by atoms with Crippen LogP contribution in [-0.4, -0.2) is 72.4 Å². The SMILES string of the molecule is CN1CCC(Oc2nc(N3CCC4(CC3)CNC4)c3cc(Cl)c(-c4c(O)cccc4F)c(F)c3n2)CC1.Cl. The zero-order chi connectivity index (χ0) is 25.7. The zero-order valence-electron chi connectivity index (χ0n) is 21.1. The fourth-order valence-electron chi connectivity index (χ4n) is 5.72. The Kier molecular flexibility index (Phi) is 7.57. The number of benzene rings is 2. The van der Waals surface area contributed by atoms with Crippen LogP contribution in [0.15, 0.2) is 24.3 Å². The van der Waals surface area contributed by atoms with Crippen LogP contribution < -0.4 is 15.0 Å². The Hall–Kier alpha value is -2.46. The van der Waals surface area contributed by atoms with Crippen molar-refractivity contribution in [2.45, 2.75) is 31.8 Å². The van der Waals surface area contributed by atoms with Gasteiger partial charge in [0, 0.05) is 50.2 Å². The number of nitrogens with one attached hydrogen (secondary N) is 1. The Morgan fingerprint density at radius 3 is 2.42 bits per heavy atom. The van der Waals surface area contributed by atoms with E-state index in [0.717, 1.165) is 71.0 Å². The summed E-state index contributed by atoms with van der Waals surface area (Å²) in [7, 11) is 2.07. The molecular formula is C27H31Cl2F2N5O2. The number of phenolic OH excluding ortho intramolecular Hbond substituents is 1. The van der Waals surface area contributed by atoms with Crippen molar-refractivity contribution in [3.05, 3.63) is 40.9 Å². The van der Waals surface area contributed by atoms with Gasteiger partial charge >= 0.3 is 6.01 Å². The average molecular weight is 566 g/mol. The molecule has 38 heavy (non-hydrogen) atoms. The van der Waals surface area contributed by atoms with E-state index in [4.69, 9.17) is 21.3 Å². The first-order chi connectivity index (χ1) is 17.8. The molecule has 0 unspecified atom stereocenters. The maximum Gasteiger partial charge on any atom is 0.319 e. The first-order valence-corrected chi connectivity index (χ1v) is 13.2. The van der Waals surface area contributed by atoms with Crippen LogP contribution >= 0.6 is 24.0 Å². The Morgan fingerprint density at radius 1 is 1.08 bits per heavy atom. The minimum atomic E-state index is -0.809. The van der Waals surface area contributed by atoms with Crippen molar-refractivity contribution in [3.63, 3.8) is 0 Å². The van der Waals surface area contributed by atoms with Crippen LogP contribution in [0.5, 0.6) is 11.8 Å². The van der Waals surface area contributed by atoms with E-state index in [0.29, 0.717) is 16.6 Å². The number of likely N-dealkylation sites (tertiary alicyclic amines) is 1. The third-order valence-corrected chi connectivity index (χ3v) is 8.44. The first kappa shape index (κ1) is 27.1. The lowest BCUT2D eigenvalue weighted by Gasteiger charge is -2.48. The molecule has 1 aromatic heterocycles. The molecule has 3 aliphatic rings. The molecule has 2 aromatic carbocycles. The molecule has 4 heterocycles. The van der Waals surface area contributed by atoms with Gasteiger partial charge in [0.15, 0.2) is 5.82 Å². The van der Waals surface area contributed by atoms with E-state index in [1.165, 1.54) is 12.1 Å². The van der Waals surface area contributed by atoms with Crippen molar-refractivity contribution in [1.82, 2.24) is 20.2 Å². The maximum atomic E-state index is 16.2. The van der Waals surface area contributed by atoms with E-state index in [9.17, 15) is 9.50 Å². The van der Waals surface area contributed by atoms with Crippen LogP contribution in [0, 0.1) is 17.0 Å². The Bertz CT molecular complexity index is 1320. The number of halogens is 4. The van der Waals surface area contributed by atoms with Gasteiger partial charge in [0.1, 0.15) is 29.0 Å². The van der Waals surface area contributed by atoms with Crippen molar-refractivity contribution in [2.75, 3.05) is 51.2 Å². The molecule has 6 rings (SSSR count). The second kappa shape index (κ2) is 10.6. The lowest BCUT2D eigenvalue weighted by atomic mass is 9.73. The van der Waals surface area contributed by atoms with Gasteiger partial charge in [-0.2, -0.15) is 9.97 Å². The van der Waals surface area contributed by atoms with Gasteiger partial charge in [-0.3, -0.25) is 0 Å². The predicted molar refractivity (Wildman–Crippen MR) is 147 cm³/mol. The van der Waals surface area contributed by atoms with Crippen LogP contribution in [0.2, 0.25) is 5.02 Å².